The maximum absolute atomic E-state index is 11.8. The number of nitriles is 1. The number of nitrogens with one attached hydrogen (secondary N) is 2. The van der Waals surface area contributed by atoms with Crippen molar-refractivity contribution in [2.24, 2.45) is 0 Å². The van der Waals surface area contributed by atoms with E-state index in [2.05, 4.69) is 17.2 Å². The van der Waals surface area contributed by atoms with E-state index in [9.17, 15) is 9.59 Å². The van der Waals surface area contributed by atoms with Gasteiger partial charge >= 0.3 is 6.09 Å². The Balaban J connectivity index is 4.31. The fourth-order valence-corrected chi connectivity index (χ4v) is 1.68. The summed E-state index contributed by atoms with van der Waals surface area (Å²) in [4.78, 5) is 23.2. The van der Waals surface area contributed by atoms with Crippen LogP contribution in [0.15, 0.2) is 12.7 Å². The van der Waals surface area contributed by atoms with Crippen molar-refractivity contribution in [3.8, 4) is 6.07 Å². The van der Waals surface area contributed by atoms with Crippen molar-refractivity contribution in [3.05, 3.63) is 12.7 Å². The number of carbonyl (C=O) groups is 2. The molecule has 2 amide bonds. The minimum Gasteiger partial charge on any atom is -0.449 e. The van der Waals surface area contributed by atoms with E-state index in [-0.39, 0.29) is 6.61 Å². The Labute approximate surface area is 117 Å². The van der Waals surface area contributed by atoms with Gasteiger partial charge in [-0.25, -0.2) is 4.79 Å². The lowest BCUT2D eigenvalue weighted by molar-refractivity contribution is -0.122. The number of hydrogen-bond donors (Lipinski definition) is 2. The molecule has 0 bridgehead atoms. The number of nitrogens with zero attached hydrogens (tertiary/aromatic N) is 1. The zero-order chi connectivity index (χ0) is 14.7. The Hall–Kier alpha value is -1.68. The van der Waals surface area contributed by atoms with E-state index in [1.54, 1.807) is 13.0 Å². The smallest absolute Gasteiger partial charge is 0.407 e. The first-order chi connectivity index (χ1) is 9.04. The Kier molecular flexibility index (Phi) is 9.35. The molecule has 0 fully saturated rings. The second kappa shape index (κ2) is 10.3. The molecule has 106 valence electrons. The van der Waals surface area contributed by atoms with Crippen LogP contribution in [-0.4, -0.2) is 42.7 Å². The third-order valence-corrected chi connectivity index (χ3v) is 2.72. The first-order valence-corrected chi connectivity index (χ1v) is 7.17. The van der Waals surface area contributed by atoms with Gasteiger partial charge in [0.05, 0.1) is 12.7 Å². The third-order valence-electron chi connectivity index (χ3n) is 2.05. The second-order valence-electron chi connectivity index (χ2n) is 3.72. The van der Waals surface area contributed by atoms with Gasteiger partial charge in [-0.1, -0.05) is 6.08 Å². The zero-order valence-corrected chi connectivity index (χ0v) is 12.0. The summed E-state index contributed by atoms with van der Waals surface area (Å²) in [5.74, 6) is 0.00431. The Morgan fingerprint density at radius 2 is 2.21 bits per heavy atom. The van der Waals surface area contributed by atoms with E-state index in [0.29, 0.717) is 12.2 Å². The molecule has 0 saturated carbocycles. The van der Waals surface area contributed by atoms with E-state index in [0.717, 1.165) is 0 Å². The van der Waals surface area contributed by atoms with Gasteiger partial charge in [0, 0.05) is 5.75 Å². The summed E-state index contributed by atoms with van der Waals surface area (Å²) in [6.07, 6.45) is 3.35. The molecule has 0 heterocycles. The van der Waals surface area contributed by atoms with Gasteiger partial charge in [0.2, 0.25) is 5.91 Å². The molecule has 0 aliphatic carbocycles. The second-order valence-corrected chi connectivity index (χ2v) is 4.64. The highest BCUT2D eigenvalue weighted by Crippen LogP contribution is 1.99. The summed E-state index contributed by atoms with van der Waals surface area (Å²) < 4.78 is 4.87. The summed E-state index contributed by atoms with van der Waals surface area (Å²) in [5, 5.41) is 13.6. The lowest BCUT2D eigenvalue weighted by Crippen LogP contribution is -2.50. The van der Waals surface area contributed by atoms with Crippen LogP contribution in [0.4, 0.5) is 4.79 Å². The van der Waals surface area contributed by atoms with Crippen molar-refractivity contribution >= 4 is 23.8 Å². The number of amides is 2. The quantitative estimate of drug-likeness (QED) is 0.514. The SMILES string of the molecule is C=CCCOC(=O)NC(CSC)C(=O)NC(C)C#N. The largest absolute Gasteiger partial charge is 0.449 e. The van der Waals surface area contributed by atoms with Crippen LogP contribution in [0, 0.1) is 11.3 Å². The van der Waals surface area contributed by atoms with Crippen molar-refractivity contribution in [1.29, 1.82) is 5.26 Å². The summed E-state index contributed by atoms with van der Waals surface area (Å²) in [5.41, 5.74) is 0. The van der Waals surface area contributed by atoms with Crippen molar-refractivity contribution in [1.82, 2.24) is 10.6 Å². The van der Waals surface area contributed by atoms with Crippen molar-refractivity contribution in [3.63, 3.8) is 0 Å². The number of alkyl carbamates (subject to hydrolysis) is 1. The predicted octanol–water partition coefficient (Wildman–Crippen LogP) is 1.05. The Bertz CT molecular complexity index is 355. The van der Waals surface area contributed by atoms with Crippen molar-refractivity contribution in [2.75, 3.05) is 18.6 Å². The summed E-state index contributed by atoms with van der Waals surface area (Å²) >= 11 is 1.41. The first kappa shape index (κ1) is 17.3. The van der Waals surface area contributed by atoms with Gasteiger partial charge in [-0.15, -0.1) is 6.58 Å². The first-order valence-electron chi connectivity index (χ1n) is 5.78. The molecule has 6 nitrogen and oxygen atoms in total. The van der Waals surface area contributed by atoms with Crippen LogP contribution in [0.2, 0.25) is 0 Å². The fraction of sp³-hybridized carbons (Fsp3) is 0.583. The molecule has 2 atom stereocenters. The minimum absolute atomic E-state index is 0.220. The summed E-state index contributed by atoms with van der Waals surface area (Å²) in [6, 6.07) is 0.572. The van der Waals surface area contributed by atoms with Gasteiger partial charge in [0.1, 0.15) is 12.1 Å². The number of rotatable bonds is 8. The predicted molar refractivity (Wildman–Crippen MR) is 74.7 cm³/mol. The highest BCUT2D eigenvalue weighted by molar-refractivity contribution is 7.98. The van der Waals surface area contributed by atoms with Crippen molar-refractivity contribution < 1.29 is 14.3 Å². The number of hydrogen-bond acceptors (Lipinski definition) is 5. The lowest BCUT2D eigenvalue weighted by atomic mass is 10.3. The van der Waals surface area contributed by atoms with Crippen LogP contribution in [0.3, 0.4) is 0 Å². The maximum Gasteiger partial charge on any atom is 0.407 e. The monoisotopic (exact) mass is 285 g/mol. The minimum atomic E-state index is -0.720. The van der Waals surface area contributed by atoms with Crippen molar-refractivity contribution in [2.45, 2.75) is 25.4 Å². The van der Waals surface area contributed by atoms with Crippen LogP contribution < -0.4 is 10.6 Å². The van der Waals surface area contributed by atoms with Gasteiger partial charge < -0.3 is 15.4 Å². The van der Waals surface area contributed by atoms with Gasteiger partial charge in [-0.2, -0.15) is 17.0 Å². The third kappa shape index (κ3) is 8.11. The molecule has 19 heavy (non-hydrogen) atoms. The average Bonchev–Trinajstić information content (AvgIpc) is 2.38. The van der Waals surface area contributed by atoms with Crippen LogP contribution in [0.5, 0.6) is 0 Å². The highest BCUT2D eigenvalue weighted by Gasteiger charge is 2.22. The van der Waals surface area contributed by atoms with Crippen LogP contribution in [0.1, 0.15) is 13.3 Å². The molecule has 0 aromatic heterocycles. The standard InChI is InChI=1S/C12H19N3O3S/c1-4-5-6-18-12(17)15-10(8-19-3)11(16)14-9(2)7-13/h4,9-10H,1,5-6,8H2,2-3H3,(H,14,16)(H,15,17). The van der Waals surface area contributed by atoms with Gasteiger partial charge in [0.25, 0.3) is 0 Å². The topological polar surface area (TPSA) is 91.2 Å². The average molecular weight is 285 g/mol. The number of carbonyl (C=O) groups excluding carboxylic acids is 2. The van der Waals surface area contributed by atoms with E-state index in [4.69, 9.17) is 10.00 Å². The van der Waals surface area contributed by atoms with Gasteiger partial charge in [-0.3, -0.25) is 4.79 Å². The van der Waals surface area contributed by atoms with Crippen LogP contribution >= 0.6 is 11.8 Å². The highest BCUT2D eigenvalue weighted by atomic mass is 32.2. The Morgan fingerprint density at radius 3 is 2.74 bits per heavy atom. The normalized spacial score (nSPS) is 12.7. The molecule has 0 aliphatic heterocycles. The lowest BCUT2D eigenvalue weighted by Gasteiger charge is -2.18. The number of thioether (sulfide) groups is 1. The fourth-order valence-electron chi connectivity index (χ4n) is 1.11. The molecule has 0 spiro atoms. The maximum atomic E-state index is 11.8. The molecule has 0 aromatic rings. The molecular weight excluding hydrogens is 266 g/mol. The van der Waals surface area contributed by atoms with E-state index in [1.165, 1.54) is 11.8 Å². The molecule has 7 heteroatoms. The molecule has 0 aliphatic rings. The molecule has 0 rings (SSSR count). The Morgan fingerprint density at radius 1 is 1.53 bits per heavy atom. The van der Waals surface area contributed by atoms with Gasteiger partial charge in [0.15, 0.2) is 0 Å². The van der Waals surface area contributed by atoms with Crippen LogP contribution in [-0.2, 0) is 9.53 Å². The number of ether oxygens (including phenoxy) is 1. The molecule has 0 saturated heterocycles. The summed E-state index contributed by atoms with van der Waals surface area (Å²) in [7, 11) is 0. The van der Waals surface area contributed by atoms with E-state index in [1.807, 2.05) is 12.3 Å². The zero-order valence-electron chi connectivity index (χ0n) is 11.1. The van der Waals surface area contributed by atoms with Crippen LogP contribution in [0.25, 0.3) is 0 Å². The molecular formula is C12H19N3O3S. The van der Waals surface area contributed by atoms with Gasteiger partial charge in [-0.05, 0) is 19.6 Å². The molecule has 0 radical (unpaired) electrons. The molecule has 2 unspecified atom stereocenters. The van der Waals surface area contributed by atoms with E-state index < -0.39 is 24.1 Å². The van der Waals surface area contributed by atoms with E-state index >= 15 is 0 Å². The molecule has 0 aromatic carbocycles. The molecule has 2 N–H and O–H groups in total. The summed E-state index contributed by atoms with van der Waals surface area (Å²) in [6.45, 7) is 5.29.